The fourth-order valence-electron chi connectivity index (χ4n) is 2.32. The molecule has 3 N–H and O–H groups in total. The lowest BCUT2D eigenvalue weighted by molar-refractivity contribution is -0.143. The Labute approximate surface area is 115 Å². The Kier molecular flexibility index (Phi) is 4.73. The summed E-state index contributed by atoms with van der Waals surface area (Å²) in [7, 11) is 0. The highest BCUT2D eigenvalue weighted by Crippen LogP contribution is 2.24. The molecular formula is C12H17N3O3S. The van der Waals surface area contributed by atoms with E-state index in [1.54, 1.807) is 11.7 Å². The van der Waals surface area contributed by atoms with Gasteiger partial charge in [-0.05, 0) is 12.8 Å². The Morgan fingerprint density at radius 2 is 2.21 bits per heavy atom. The number of carboxylic acids is 1. The fraction of sp³-hybridized carbons (Fsp3) is 0.583. The van der Waals surface area contributed by atoms with Gasteiger partial charge in [0.15, 0.2) is 0 Å². The zero-order valence-electron chi connectivity index (χ0n) is 10.5. The van der Waals surface area contributed by atoms with Crippen LogP contribution >= 0.6 is 11.3 Å². The van der Waals surface area contributed by atoms with E-state index in [-0.39, 0.29) is 12.1 Å². The van der Waals surface area contributed by atoms with E-state index < -0.39 is 11.9 Å². The van der Waals surface area contributed by atoms with Gasteiger partial charge in [0, 0.05) is 17.1 Å². The Bertz CT molecular complexity index is 435. The van der Waals surface area contributed by atoms with Gasteiger partial charge in [-0.15, -0.1) is 11.3 Å². The highest BCUT2D eigenvalue weighted by Gasteiger charge is 2.31. The van der Waals surface area contributed by atoms with Crippen molar-refractivity contribution in [1.29, 1.82) is 0 Å². The third kappa shape index (κ3) is 3.92. The Balaban J connectivity index is 1.81. The van der Waals surface area contributed by atoms with E-state index in [0.717, 1.165) is 24.1 Å². The molecule has 1 aliphatic rings. The summed E-state index contributed by atoms with van der Waals surface area (Å²) in [6.07, 6.45) is 4.94. The van der Waals surface area contributed by atoms with Crippen LogP contribution in [0.25, 0.3) is 0 Å². The zero-order valence-corrected chi connectivity index (χ0v) is 11.3. The summed E-state index contributed by atoms with van der Waals surface area (Å²) in [6, 6.07) is -0.584. The molecule has 1 aromatic heterocycles. The minimum atomic E-state index is -0.826. The molecule has 1 heterocycles. The third-order valence-corrected chi connectivity index (χ3v) is 4.09. The smallest absolute Gasteiger partial charge is 0.315 e. The van der Waals surface area contributed by atoms with Crippen LogP contribution in [0.2, 0.25) is 0 Å². The molecule has 1 fully saturated rings. The molecule has 0 saturated heterocycles. The second kappa shape index (κ2) is 6.51. The summed E-state index contributed by atoms with van der Waals surface area (Å²) in [5.41, 5.74) is 1.70. The molecule has 0 aromatic carbocycles. The van der Waals surface area contributed by atoms with Gasteiger partial charge in [-0.2, -0.15) is 0 Å². The van der Waals surface area contributed by atoms with E-state index in [1.165, 1.54) is 11.3 Å². The molecule has 1 saturated carbocycles. The highest BCUT2D eigenvalue weighted by atomic mass is 32.1. The van der Waals surface area contributed by atoms with Crippen LogP contribution in [0.1, 0.15) is 30.6 Å². The molecule has 6 nitrogen and oxygen atoms in total. The van der Waals surface area contributed by atoms with Gasteiger partial charge in [0.2, 0.25) is 0 Å². The summed E-state index contributed by atoms with van der Waals surface area (Å²) in [4.78, 5) is 27.7. The molecular weight excluding hydrogens is 266 g/mol. The molecule has 1 aromatic rings. The molecule has 2 atom stereocenters. The third-order valence-electron chi connectivity index (χ3n) is 3.31. The minimum absolute atomic E-state index is 0.271. The number of amides is 2. The summed E-state index contributed by atoms with van der Waals surface area (Å²) in [5.74, 6) is -1.30. The number of urea groups is 1. The van der Waals surface area contributed by atoms with Crippen molar-refractivity contribution in [3.05, 3.63) is 16.6 Å². The average molecular weight is 283 g/mol. The molecule has 0 spiro atoms. The van der Waals surface area contributed by atoms with Gasteiger partial charge >= 0.3 is 12.0 Å². The molecule has 104 valence electrons. The standard InChI is InChI=1S/C12H17N3O3S/c16-11(17)9-3-1-2-4-10(9)15-12(18)14-6-8-5-13-7-19-8/h5,7,9-10H,1-4,6H2,(H,16,17)(H2,14,15,18). The lowest BCUT2D eigenvalue weighted by Crippen LogP contribution is -2.48. The lowest BCUT2D eigenvalue weighted by atomic mass is 9.84. The number of carbonyl (C=O) groups is 2. The Morgan fingerprint density at radius 3 is 2.89 bits per heavy atom. The number of hydrogen-bond acceptors (Lipinski definition) is 4. The highest BCUT2D eigenvalue weighted by molar-refractivity contribution is 7.09. The first-order chi connectivity index (χ1) is 9.16. The Morgan fingerprint density at radius 1 is 1.42 bits per heavy atom. The van der Waals surface area contributed by atoms with Crippen LogP contribution in [-0.2, 0) is 11.3 Å². The van der Waals surface area contributed by atoms with Crippen molar-refractivity contribution in [2.75, 3.05) is 0 Å². The molecule has 19 heavy (non-hydrogen) atoms. The van der Waals surface area contributed by atoms with Gasteiger partial charge in [0.25, 0.3) is 0 Å². The summed E-state index contributed by atoms with van der Waals surface area (Å²) in [6.45, 7) is 0.418. The number of hydrogen-bond donors (Lipinski definition) is 3. The van der Waals surface area contributed by atoms with Crippen LogP contribution in [0.4, 0.5) is 4.79 Å². The van der Waals surface area contributed by atoms with Crippen LogP contribution in [0, 0.1) is 5.92 Å². The molecule has 0 radical (unpaired) electrons. The van der Waals surface area contributed by atoms with Gasteiger partial charge in [-0.25, -0.2) is 4.79 Å². The maximum Gasteiger partial charge on any atom is 0.315 e. The average Bonchev–Trinajstić information content (AvgIpc) is 2.90. The van der Waals surface area contributed by atoms with Gasteiger partial charge in [-0.3, -0.25) is 9.78 Å². The second-order valence-corrected chi connectivity index (χ2v) is 5.60. The summed E-state index contributed by atoms with van der Waals surface area (Å²) >= 11 is 1.47. The summed E-state index contributed by atoms with van der Waals surface area (Å²) < 4.78 is 0. The van der Waals surface area contributed by atoms with Gasteiger partial charge < -0.3 is 15.7 Å². The van der Waals surface area contributed by atoms with E-state index >= 15 is 0 Å². The number of nitrogens with zero attached hydrogens (tertiary/aromatic N) is 1. The van der Waals surface area contributed by atoms with E-state index in [9.17, 15) is 9.59 Å². The largest absolute Gasteiger partial charge is 0.481 e. The second-order valence-electron chi connectivity index (χ2n) is 4.63. The van der Waals surface area contributed by atoms with E-state index in [0.29, 0.717) is 13.0 Å². The van der Waals surface area contributed by atoms with Crippen molar-refractivity contribution in [3.63, 3.8) is 0 Å². The van der Waals surface area contributed by atoms with E-state index in [4.69, 9.17) is 5.11 Å². The van der Waals surface area contributed by atoms with Crippen molar-refractivity contribution in [3.8, 4) is 0 Å². The number of rotatable bonds is 4. The molecule has 0 aliphatic heterocycles. The molecule has 0 bridgehead atoms. The molecule has 1 aliphatic carbocycles. The topological polar surface area (TPSA) is 91.3 Å². The van der Waals surface area contributed by atoms with Gasteiger partial charge in [0.1, 0.15) is 0 Å². The number of nitrogens with one attached hydrogen (secondary N) is 2. The number of aliphatic carboxylic acids is 1. The molecule has 7 heteroatoms. The first kappa shape index (κ1) is 13.8. The first-order valence-corrected chi connectivity index (χ1v) is 7.19. The number of aromatic nitrogens is 1. The van der Waals surface area contributed by atoms with Crippen molar-refractivity contribution in [2.24, 2.45) is 5.92 Å². The number of thiazole rings is 1. The number of carbonyl (C=O) groups excluding carboxylic acids is 1. The quantitative estimate of drug-likeness (QED) is 0.782. The van der Waals surface area contributed by atoms with Crippen molar-refractivity contribution < 1.29 is 14.7 Å². The van der Waals surface area contributed by atoms with E-state index in [1.807, 2.05) is 0 Å². The minimum Gasteiger partial charge on any atom is -0.481 e. The van der Waals surface area contributed by atoms with Crippen LogP contribution in [0.15, 0.2) is 11.7 Å². The normalized spacial score (nSPS) is 22.7. The van der Waals surface area contributed by atoms with Gasteiger partial charge in [-0.1, -0.05) is 12.8 Å². The van der Waals surface area contributed by atoms with Crippen molar-refractivity contribution in [1.82, 2.24) is 15.6 Å². The van der Waals surface area contributed by atoms with Crippen molar-refractivity contribution >= 4 is 23.3 Å². The molecule has 2 amide bonds. The number of carboxylic acid groups (broad SMARTS) is 1. The summed E-state index contributed by atoms with van der Waals surface area (Å²) in [5, 5.41) is 14.6. The lowest BCUT2D eigenvalue weighted by Gasteiger charge is -2.29. The zero-order chi connectivity index (χ0) is 13.7. The Hall–Kier alpha value is -1.63. The van der Waals surface area contributed by atoms with Crippen molar-refractivity contribution in [2.45, 2.75) is 38.3 Å². The van der Waals surface area contributed by atoms with Gasteiger partial charge in [0.05, 0.1) is 18.0 Å². The SMILES string of the molecule is O=C(NCc1cncs1)NC1CCCCC1C(=O)O. The van der Waals surface area contributed by atoms with Crippen LogP contribution in [-0.4, -0.2) is 28.1 Å². The predicted octanol–water partition coefficient (Wildman–Crippen LogP) is 1.59. The first-order valence-electron chi connectivity index (χ1n) is 6.31. The fourth-order valence-corrected chi connectivity index (χ4v) is 2.85. The molecule has 2 rings (SSSR count). The monoisotopic (exact) mass is 283 g/mol. The van der Waals surface area contributed by atoms with Crippen LogP contribution in [0.3, 0.4) is 0 Å². The molecule has 2 unspecified atom stereocenters. The van der Waals surface area contributed by atoms with Crippen LogP contribution in [0.5, 0.6) is 0 Å². The maximum atomic E-state index is 11.7. The maximum absolute atomic E-state index is 11.7. The van der Waals surface area contributed by atoms with E-state index in [2.05, 4.69) is 15.6 Å². The predicted molar refractivity (Wildman–Crippen MR) is 70.9 cm³/mol. The van der Waals surface area contributed by atoms with Crippen LogP contribution < -0.4 is 10.6 Å².